The Balaban J connectivity index is 0.000000849. The van der Waals surface area contributed by atoms with Gasteiger partial charge in [-0.2, -0.15) is 0 Å². The summed E-state index contributed by atoms with van der Waals surface area (Å²) in [5, 5.41) is 0. The Morgan fingerprint density at radius 1 is 1.00 bits per heavy atom. The third kappa shape index (κ3) is 3.11. The minimum absolute atomic E-state index is 0. The molecular formula is C20H32N2. The number of nitrogens with one attached hydrogen (secondary N) is 1. The van der Waals surface area contributed by atoms with E-state index in [0.717, 1.165) is 5.82 Å². The van der Waals surface area contributed by atoms with Gasteiger partial charge in [0.2, 0.25) is 0 Å². The lowest BCUT2D eigenvalue weighted by Gasteiger charge is -2.15. The van der Waals surface area contributed by atoms with Gasteiger partial charge < -0.3 is 4.98 Å². The Kier molecular flexibility index (Phi) is 5.44. The second-order valence-electron chi connectivity index (χ2n) is 6.50. The van der Waals surface area contributed by atoms with Crippen molar-refractivity contribution in [2.24, 2.45) is 0 Å². The molecule has 0 unspecified atom stereocenters. The Labute approximate surface area is 136 Å². The summed E-state index contributed by atoms with van der Waals surface area (Å²) in [6, 6.07) is 4.61. The molecule has 0 bridgehead atoms. The van der Waals surface area contributed by atoms with Gasteiger partial charge in [0, 0.05) is 12.9 Å². The van der Waals surface area contributed by atoms with Gasteiger partial charge >= 0.3 is 0 Å². The van der Waals surface area contributed by atoms with Crippen molar-refractivity contribution in [1.82, 2.24) is 9.97 Å². The van der Waals surface area contributed by atoms with Gasteiger partial charge in [-0.05, 0) is 41.9 Å². The highest BCUT2D eigenvalue weighted by Crippen LogP contribution is 2.36. The van der Waals surface area contributed by atoms with E-state index in [4.69, 9.17) is 0 Å². The molecule has 1 aromatic heterocycles. The molecule has 0 spiro atoms. The maximum Gasteiger partial charge on any atom is 0.109 e. The van der Waals surface area contributed by atoms with Crippen LogP contribution in [0.2, 0.25) is 0 Å². The maximum atomic E-state index is 4.52. The zero-order valence-corrected chi connectivity index (χ0v) is 15.0. The molecule has 0 radical (unpaired) electrons. The van der Waals surface area contributed by atoms with Crippen molar-refractivity contribution in [1.29, 1.82) is 0 Å². The Morgan fingerprint density at radius 3 is 2.27 bits per heavy atom. The average Bonchev–Trinajstić information content (AvgIpc) is 3.17. The minimum Gasteiger partial charge on any atom is -0.342 e. The van der Waals surface area contributed by atoms with Crippen molar-refractivity contribution in [3.05, 3.63) is 40.8 Å². The van der Waals surface area contributed by atoms with Crippen molar-refractivity contribution in [2.75, 3.05) is 0 Å². The van der Waals surface area contributed by atoms with E-state index in [1.54, 1.807) is 11.1 Å². The summed E-state index contributed by atoms with van der Waals surface area (Å²) in [5.41, 5.74) is 7.22. The van der Waals surface area contributed by atoms with Crippen molar-refractivity contribution in [2.45, 2.75) is 72.6 Å². The maximum absolute atomic E-state index is 4.52. The number of rotatable bonds is 3. The molecule has 0 fully saturated rings. The van der Waals surface area contributed by atoms with E-state index >= 15 is 0 Å². The van der Waals surface area contributed by atoms with E-state index in [1.807, 2.05) is 20.0 Å². The summed E-state index contributed by atoms with van der Waals surface area (Å²) < 4.78 is 0. The minimum atomic E-state index is 0. The number of aromatic amines is 1. The third-order valence-corrected chi connectivity index (χ3v) is 4.38. The van der Waals surface area contributed by atoms with Crippen LogP contribution in [0, 0.1) is 0 Å². The number of hydrogen-bond acceptors (Lipinski definition) is 1. The summed E-state index contributed by atoms with van der Waals surface area (Å²) in [7, 11) is 0. The van der Waals surface area contributed by atoms with Gasteiger partial charge in [0.25, 0.3) is 0 Å². The van der Waals surface area contributed by atoms with Crippen LogP contribution in [-0.2, 0) is 12.8 Å². The van der Waals surface area contributed by atoms with Crippen LogP contribution in [0.1, 0.15) is 83.7 Å². The van der Waals surface area contributed by atoms with Crippen LogP contribution in [0.5, 0.6) is 0 Å². The molecule has 0 saturated carbocycles. The first kappa shape index (κ1) is 16.8. The molecule has 1 heterocycles. The molecule has 1 N–H and O–H groups in total. The largest absolute Gasteiger partial charge is 0.342 e. The summed E-state index contributed by atoms with van der Waals surface area (Å²) in [4.78, 5) is 8.02. The molecule has 2 heteroatoms. The molecule has 0 saturated heterocycles. The first-order valence-corrected chi connectivity index (χ1v) is 8.78. The van der Waals surface area contributed by atoms with Gasteiger partial charge in [0.05, 0.1) is 11.9 Å². The van der Waals surface area contributed by atoms with Gasteiger partial charge in [-0.3, -0.25) is 0 Å². The number of fused-ring (bicyclic) bond motifs is 1. The highest BCUT2D eigenvalue weighted by Gasteiger charge is 2.21. The quantitative estimate of drug-likeness (QED) is 0.730. The second-order valence-corrected chi connectivity index (χ2v) is 6.50. The van der Waals surface area contributed by atoms with E-state index in [2.05, 4.69) is 49.8 Å². The molecule has 1 aromatic carbocycles. The first-order chi connectivity index (χ1) is 10.6. The average molecular weight is 300 g/mol. The molecule has 1 aliphatic carbocycles. The zero-order chi connectivity index (χ0) is 16.3. The Bertz CT molecular complexity index is 627. The van der Waals surface area contributed by atoms with Crippen LogP contribution in [0.4, 0.5) is 0 Å². The van der Waals surface area contributed by atoms with Gasteiger partial charge in [-0.25, -0.2) is 4.98 Å². The van der Waals surface area contributed by atoms with E-state index in [1.165, 1.54) is 36.1 Å². The molecule has 1 aliphatic rings. The molecule has 0 atom stereocenters. The number of benzene rings is 1. The van der Waals surface area contributed by atoms with E-state index < -0.39 is 0 Å². The zero-order valence-electron chi connectivity index (χ0n) is 15.0. The number of aromatic nitrogens is 2. The second kappa shape index (κ2) is 7.13. The van der Waals surface area contributed by atoms with Crippen molar-refractivity contribution in [3.63, 3.8) is 0 Å². The number of H-pyrrole nitrogens is 1. The highest BCUT2D eigenvalue weighted by molar-refractivity contribution is 5.67. The summed E-state index contributed by atoms with van der Waals surface area (Å²) in [6.45, 7) is 12.9. The van der Waals surface area contributed by atoms with E-state index in [9.17, 15) is 0 Å². The normalized spacial score (nSPS) is 13.3. The molecule has 0 amide bonds. The van der Waals surface area contributed by atoms with Gasteiger partial charge in [-0.15, -0.1) is 0 Å². The van der Waals surface area contributed by atoms with E-state index in [0.29, 0.717) is 11.8 Å². The molecule has 0 aliphatic heterocycles. The summed E-state index contributed by atoms with van der Waals surface area (Å²) in [6.07, 6.45) is 5.73. The molecule has 2 aromatic rings. The predicted molar refractivity (Wildman–Crippen MR) is 97.7 cm³/mol. The summed E-state index contributed by atoms with van der Waals surface area (Å²) in [5.74, 6) is 2.15. The van der Waals surface area contributed by atoms with Crippen LogP contribution in [0.25, 0.3) is 11.3 Å². The fourth-order valence-electron chi connectivity index (χ4n) is 3.29. The van der Waals surface area contributed by atoms with Crippen molar-refractivity contribution < 1.29 is 1.43 Å². The summed E-state index contributed by atoms with van der Waals surface area (Å²) >= 11 is 0. The SMILES string of the molecule is CC.CC(C)c1ncc(-c2ccc(C(C)C)c3c2CCC3)[nH]1.[HH]. The van der Waals surface area contributed by atoms with Crippen molar-refractivity contribution in [3.8, 4) is 11.3 Å². The van der Waals surface area contributed by atoms with Crippen LogP contribution in [0.3, 0.4) is 0 Å². The molecular weight excluding hydrogens is 268 g/mol. The van der Waals surface area contributed by atoms with Crippen LogP contribution < -0.4 is 0 Å². The Morgan fingerprint density at radius 2 is 1.68 bits per heavy atom. The first-order valence-electron chi connectivity index (χ1n) is 8.78. The van der Waals surface area contributed by atoms with Crippen LogP contribution >= 0.6 is 0 Å². The monoisotopic (exact) mass is 300 g/mol. The fourth-order valence-corrected chi connectivity index (χ4v) is 3.29. The topological polar surface area (TPSA) is 28.7 Å². The lowest BCUT2D eigenvalue weighted by Crippen LogP contribution is -1.98. The number of nitrogens with zero attached hydrogens (tertiary/aromatic N) is 1. The number of imidazole rings is 1. The van der Waals surface area contributed by atoms with Gasteiger partial charge in [0.1, 0.15) is 5.82 Å². The van der Waals surface area contributed by atoms with Crippen LogP contribution in [-0.4, -0.2) is 9.97 Å². The lowest BCUT2D eigenvalue weighted by molar-refractivity contribution is 0.795. The van der Waals surface area contributed by atoms with Gasteiger partial charge in [-0.1, -0.05) is 53.7 Å². The lowest BCUT2D eigenvalue weighted by atomic mass is 9.91. The van der Waals surface area contributed by atoms with Crippen molar-refractivity contribution >= 4 is 0 Å². The molecule has 22 heavy (non-hydrogen) atoms. The Hall–Kier alpha value is -1.57. The predicted octanol–water partition coefficient (Wildman–Crippen LogP) is 6.08. The smallest absolute Gasteiger partial charge is 0.109 e. The number of hydrogen-bond donors (Lipinski definition) is 1. The molecule has 3 rings (SSSR count). The molecule has 2 nitrogen and oxygen atoms in total. The standard InChI is InChI=1S/C18H24N2.C2H6.H2/c1-11(2)13-8-9-16(15-7-5-6-14(13)15)17-10-19-18(20-17)12(3)4;1-2;/h8-12H,5-7H2,1-4H3,(H,19,20);1-2H3;1H. The van der Waals surface area contributed by atoms with Gasteiger partial charge in [0.15, 0.2) is 0 Å². The molecule has 122 valence electrons. The van der Waals surface area contributed by atoms with E-state index in [-0.39, 0.29) is 1.43 Å². The van der Waals surface area contributed by atoms with Crippen LogP contribution in [0.15, 0.2) is 18.3 Å². The third-order valence-electron chi connectivity index (χ3n) is 4.38. The fraction of sp³-hybridized carbons (Fsp3) is 0.550. The highest BCUT2D eigenvalue weighted by atomic mass is 14.9.